The summed E-state index contributed by atoms with van der Waals surface area (Å²) in [5.74, 6) is 0. The van der Waals surface area contributed by atoms with E-state index < -0.39 is 5.41 Å². The van der Waals surface area contributed by atoms with Gasteiger partial charge in [-0.2, -0.15) is 0 Å². The number of hydrogen-bond acceptors (Lipinski definition) is 1. The van der Waals surface area contributed by atoms with Gasteiger partial charge in [-0.15, -0.1) is 0 Å². The van der Waals surface area contributed by atoms with E-state index in [-0.39, 0.29) is 0 Å². The minimum Gasteiger partial charge on any atom is -0.310 e. The molecule has 81 heavy (non-hydrogen) atoms. The molecule has 0 bridgehead atoms. The lowest BCUT2D eigenvalue weighted by Crippen LogP contribution is -2.28. The SMILES string of the molecule is c1ccc(-c2ccc(-n3c4ccccc4c4cc(-c5cccc(-c6cccc(N(c7ccc(-c8cccc(-c9ccccc9)c8)cc7)c7ccc8c(c7)C(c7ccccc7)(c7ccccc7)c7ccccc7-8)c6)c5)ccc43)cc2)cc1. The Bertz CT molecular complexity index is 4560. The predicted octanol–water partition coefficient (Wildman–Crippen LogP) is 21.0. The maximum Gasteiger partial charge on any atom is 0.0714 e. The predicted molar refractivity (Wildman–Crippen MR) is 340 cm³/mol. The van der Waals surface area contributed by atoms with E-state index in [1.807, 2.05) is 0 Å². The van der Waals surface area contributed by atoms with E-state index in [9.17, 15) is 0 Å². The van der Waals surface area contributed by atoms with Crippen LogP contribution < -0.4 is 4.90 Å². The summed E-state index contributed by atoms with van der Waals surface area (Å²) in [6.07, 6.45) is 0. The first-order chi connectivity index (χ1) is 40.2. The highest BCUT2D eigenvalue weighted by molar-refractivity contribution is 6.10. The molecule has 2 heteroatoms. The Morgan fingerprint density at radius 1 is 0.235 bits per heavy atom. The van der Waals surface area contributed by atoms with Gasteiger partial charge in [-0.3, -0.25) is 0 Å². The Balaban J connectivity index is 0.843. The fourth-order valence-electron chi connectivity index (χ4n) is 12.9. The minimum absolute atomic E-state index is 0.544. The van der Waals surface area contributed by atoms with Crippen molar-refractivity contribution in [3.8, 4) is 72.4 Å². The van der Waals surface area contributed by atoms with Crippen molar-refractivity contribution in [1.29, 1.82) is 0 Å². The third-order valence-corrected chi connectivity index (χ3v) is 16.7. The number of para-hydroxylation sites is 1. The Morgan fingerprint density at radius 3 is 1.31 bits per heavy atom. The summed E-state index contributed by atoms with van der Waals surface area (Å²) in [6.45, 7) is 0. The average Bonchev–Trinajstić information content (AvgIpc) is 2.46. The smallest absolute Gasteiger partial charge is 0.0714 e. The molecular formula is C79H54N2. The molecule has 0 N–H and O–H groups in total. The second kappa shape index (κ2) is 20.0. The van der Waals surface area contributed by atoms with E-state index in [0.717, 1.165) is 33.9 Å². The van der Waals surface area contributed by atoms with E-state index >= 15 is 0 Å². The van der Waals surface area contributed by atoms with Gasteiger partial charge in [0.05, 0.1) is 16.4 Å². The fourth-order valence-corrected chi connectivity index (χ4v) is 12.9. The molecule has 0 saturated carbocycles. The van der Waals surface area contributed by atoms with Crippen LogP contribution in [-0.4, -0.2) is 4.57 Å². The summed E-state index contributed by atoms with van der Waals surface area (Å²) in [7, 11) is 0. The number of hydrogen-bond donors (Lipinski definition) is 0. The van der Waals surface area contributed by atoms with Gasteiger partial charge in [0, 0.05) is 33.5 Å². The summed E-state index contributed by atoms with van der Waals surface area (Å²) >= 11 is 0. The van der Waals surface area contributed by atoms with Crippen molar-refractivity contribution < 1.29 is 0 Å². The van der Waals surface area contributed by atoms with Gasteiger partial charge in [0.1, 0.15) is 0 Å². The normalized spacial score (nSPS) is 12.3. The standard InChI is InChI=1S/C79H54N2/c1-5-20-55(21-6-1)57-38-45-68(46-39-57)81-77-37-16-14-35-73(77)74-53-64(42-49-78(74)81)62-27-18-26-61(51-62)63-28-19-33-69(52-63)80(67-43-40-58(41-44-67)60-25-17-24-59(50-60)56-22-7-2-8-23-56)70-47-48-72-71-34-13-15-36-75(71)79(76(72)54-70,65-29-9-3-10-30-65)66-31-11-4-12-32-66/h1-54H. The molecule has 0 atom stereocenters. The molecule has 0 unspecified atom stereocenters. The molecule has 380 valence electrons. The van der Waals surface area contributed by atoms with Gasteiger partial charge in [0.2, 0.25) is 0 Å². The molecule has 1 aromatic heterocycles. The summed E-state index contributed by atoms with van der Waals surface area (Å²) in [6, 6.07) is 120. The molecule has 0 radical (unpaired) electrons. The van der Waals surface area contributed by atoms with Crippen LogP contribution in [0, 0.1) is 0 Å². The van der Waals surface area contributed by atoms with Crippen LogP contribution in [0.4, 0.5) is 17.1 Å². The molecule has 0 aliphatic heterocycles. The summed E-state index contributed by atoms with van der Waals surface area (Å²) in [5.41, 5.74) is 25.6. The summed E-state index contributed by atoms with van der Waals surface area (Å²) < 4.78 is 2.40. The summed E-state index contributed by atoms with van der Waals surface area (Å²) in [5, 5.41) is 2.47. The molecule has 0 fully saturated rings. The van der Waals surface area contributed by atoms with Crippen LogP contribution in [0.1, 0.15) is 22.3 Å². The van der Waals surface area contributed by atoms with Crippen LogP contribution >= 0.6 is 0 Å². The lowest BCUT2D eigenvalue weighted by Gasteiger charge is -2.35. The van der Waals surface area contributed by atoms with E-state index in [1.54, 1.807) is 0 Å². The van der Waals surface area contributed by atoms with Crippen molar-refractivity contribution in [2.45, 2.75) is 5.41 Å². The van der Waals surface area contributed by atoms with Gasteiger partial charge in [-0.1, -0.05) is 249 Å². The van der Waals surface area contributed by atoms with Crippen molar-refractivity contribution in [2.24, 2.45) is 0 Å². The molecule has 15 rings (SSSR count). The van der Waals surface area contributed by atoms with Crippen molar-refractivity contribution in [2.75, 3.05) is 4.90 Å². The van der Waals surface area contributed by atoms with Crippen LogP contribution in [-0.2, 0) is 5.41 Å². The van der Waals surface area contributed by atoms with E-state index in [1.165, 1.54) is 99.7 Å². The molecule has 14 aromatic rings. The zero-order chi connectivity index (χ0) is 53.7. The lowest BCUT2D eigenvalue weighted by molar-refractivity contribution is 0.768. The molecule has 0 spiro atoms. The zero-order valence-corrected chi connectivity index (χ0v) is 44.6. The van der Waals surface area contributed by atoms with Crippen LogP contribution in [0.25, 0.3) is 94.3 Å². The molecule has 2 nitrogen and oxygen atoms in total. The van der Waals surface area contributed by atoms with Crippen molar-refractivity contribution in [1.82, 2.24) is 4.57 Å². The first kappa shape index (κ1) is 47.7. The lowest BCUT2D eigenvalue weighted by atomic mass is 9.67. The van der Waals surface area contributed by atoms with Crippen LogP contribution in [0.5, 0.6) is 0 Å². The summed E-state index contributed by atoms with van der Waals surface area (Å²) in [4.78, 5) is 2.44. The number of benzene rings is 13. The maximum absolute atomic E-state index is 2.47. The molecule has 1 aliphatic carbocycles. The monoisotopic (exact) mass is 1030 g/mol. The van der Waals surface area contributed by atoms with Gasteiger partial charge in [0.15, 0.2) is 0 Å². The molecular weight excluding hydrogens is 977 g/mol. The minimum atomic E-state index is -0.544. The number of anilines is 3. The Hall–Kier alpha value is -10.5. The second-order valence-corrected chi connectivity index (χ2v) is 21.2. The molecule has 1 heterocycles. The van der Waals surface area contributed by atoms with Gasteiger partial charge < -0.3 is 9.47 Å². The Labute approximate surface area is 473 Å². The first-order valence-corrected chi connectivity index (χ1v) is 28.0. The number of rotatable bonds is 11. The highest BCUT2D eigenvalue weighted by Gasteiger charge is 2.46. The topological polar surface area (TPSA) is 8.17 Å². The fraction of sp³-hybridized carbons (Fsp3) is 0.0127. The third-order valence-electron chi connectivity index (χ3n) is 16.7. The van der Waals surface area contributed by atoms with Gasteiger partial charge in [-0.05, 0) is 168 Å². The van der Waals surface area contributed by atoms with Crippen LogP contribution in [0.15, 0.2) is 328 Å². The van der Waals surface area contributed by atoms with E-state index in [0.29, 0.717) is 0 Å². The Kier molecular flexibility index (Phi) is 11.8. The number of nitrogens with zero attached hydrogens (tertiary/aromatic N) is 2. The molecule has 1 aliphatic rings. The van der Waals surface area contributed by atoms with E-state index in [2.05, 4.69) is 337 Å². The maximum atomic E-state index is 2.47. The molecule has 13 aromatic carbocycles. The highest BCUT2D eigenvalue weighted by Crippen LogP contribution is 2.57. The van der Waals surface area contributed by atoms with E-state index in [4.69, 9.17) is 0 Å². The third kappa shape index (κ3) is 8.27. The highest BCUT2D eigenvalue weighted by atomic mass is 15.1. The quantitative estimate of drug-likeness (QED) is 0.125. The first-order valence-electron chi connectivity index (χ1n) is 28.0. The van der Waals surface area contributed by atoms with Crippen molar-refractivity contribution in [3.05, 3.63) is 350 Å². The van der Waals surface area contributed by atoms with Gasteiger partial charge in [0.25, 0.3) is 0 Å². The number of fused-ring (bicyclic) bond motifs is 6. The van der Waals surface area contributed by atoms with Gasteiger partial charge >= 0.3 is 0 Å². The average molecular weight is 1030 g/mol. The Morgan fingerprint density at radius 2 is 0.654 bits per heavy atom. The van der Waals surface area contributed by atoms with Crippen LogP contribution in [0.2, 0.25) is 0 Å². The zero-order valence-electron chi connectivity index (χ0n) is 44.6. The molecule has 0 saturated heterocycles. The second-order valence-electron chi connectivity index (χ2n) is 21.2. The van der Waals surface area contributed by atoms with Crippen LogP contribution in [0.3, 0.4) is 0 Å². The van der Waals surface area contributed by atoms with Crippen molar-refractivity contribution in [3.63, 3.8) is 0 Å². The largest absolute Gasteiger partial charge is 0.310 e. The molecule has 0 amide bonds. The van der Waals surface area contributed by atoms with Gasteiger partial charge in [-0.25, -0.2) is 0 Å². The number of aromatic nitrogens is 1. The van der Waals surface area contributed by atoms with Crippen molar-refractivity contribution >= 4 is 38.9 Å².